The molecule has 0 radical (unpaired) electrons. The van der Waals surface area contributed by atoms with Gasteiger partial charge in [-0.3, -0.25) is 9.78 Å². The Morgan fingerprint density at radius 2 is 2.38 bits per heavy atom. The van der Waals surface area contributed by atoms with E-state index in [1.165, 1.54) is 7.11 Å². The monoisotopic (exact) mass is 183 g/mol. The number of nitrogens with one attached hydrogen (secondary N) is 2. The van der Waals surface area contributed by atoms with Gasteiger partial charge in [0.05, 0.1) is 12.8 Å². The number of aromatic nitrogens is 1. The van der Waals surface area contributed by atoms with Crippen molar-refractivity contribution < 1.29 is 4.74 Å². The quantitative estimate of drug-likeness (QED) is 0.633. The number of nitrogen functional groups attached to an aromatic ring is 1. The second-order valence-corrected chi connectivity index (χ2v) is 2.52. The Labute approximate surface area is 75.9 Å². The highest BCUT2D eigenvalue weighted by Crippen LogP contribution is 2.17. The standard InChI is InChI=1S/C8H13N3O2/c1-3-10-5-4-6(13-2)11-8(12)7(5)9/h4H,3,9H2,1-2H3,(H2,10,11,12). The first-order valence-corrected chi connectivity index (χ1v) is 3.99. The highest BCUT2D eigenvalue weighted by Gasteiger charge is 2.04. The van der Waals surface area contributed by atoms with Crippen LogP contribution in [-0.2, 0) is 0 Å². The van der Waals surface area contributed by atoms with Crippen LogP contribution >= 0.6 is 0 Å². The van der Waals surface area contributed by atoms with Crippen LogP contribution in [-0.4, -0.2) is 18.6 Å². The number of aromatic amines is 1. The first-order chi connectivity index (χ1) is 6.19. The van der Waals surface area contributed by atoms with Crippen molar-refractivity contribution in [3.8, 4) is 5.88 Å². The third kappa shape index (κ3) is 1.93. The van der Waals surface area contributed by atoms with Gasteiger partial charge in [0, 0.05) is 12.6 Å². The number of methoxy groups -OCH3 is 1. The summed E-state index contributed by atoms with van der Waals surface area (Å²) < 4.78 is 4.89. The molecule has 0 fully saturated rings. The smallest absolute Gasteiger partial charge is 0.275 e. The number of rotatable bonds is 3. The third-order valence-electron chi connectivity index (χ3n) is 1.63. The highest BCUT2D eigenvalue weighted by atomic mass is 16.5. The molecule has 13 heavy (non-hydrogen) atoms. The molecule has 0 amide bonds. The van der Waals surface area contributed by atoms with E-state index in [-0.39, 0.29) is 11.2 Å². The number of pyridine rings is 1. The molecule has 0 aromatic carbocycles. The molecule has 0 saturated heterocycles. The van der Waals surface area contributed by atoms with E-state index in [0.717, 1.165) is 0 Å². The number of anilines is 2. The molecular weight excluding hydrogens is 170 g/mol. The fraction of sp³-hybridized carbons (Fsp3) is 0.375. The molecule has 0 aliphatic heterocycles. The Kier molecular flexibility index (Phi) is 2.79. The summed E-state index contributed by atoms with van der Waals surface area (Å²) in [5.41, 5.74) is 5.98. The van der Waals surface area contributed by atoms with E-state index in [1.54, 1.807) is 6.07 Å². The van der Waals surface area contributed by atoms with Crippen LogP contribution in [0, 0.1) is 0 Å². The predicted octanol–water partition coefficient (Wildman–Crippen LogP) is 0.397. The van der Waals surface area contributed by atoms with Crippen molar-refractivity contribution in [2.75, 3.05) is 24.7 Å². The molecule has 0 saturated carbocycles. The van der Waals surface area contributed by atoms with Gasteiger partial charge in [0.2, 0.25) is 0 Å². The van der Waals surface area contributed by atoms with Crippen LogP contribution < -0.4 is 21.3 Å². The molecule has 5 nitrogen and oxygen atoms in total. The molecule has 72 valence electrons. The van der Waals surface area contributed by atoms with Gasteiger partial charge in [-0.15, -0.1) is 0 Å². The first-order valence-electron chi connectivity index (χ1n) is 3.99. The maximum absolute atomic E-state index is 11.2. The van der Waals surface area contributed by atoms with Gasteiger partial charge in [0.25, 0.3) is 5.56 Å². The second kappa shape index (κ2) is 3.84. The average molecular weight is 183 g/mol. The van der Waals surface area contributed by atoms with Crippen molar-refractivity contribution in [3.63, 3.8) is 0 Å². The van der Waals surface area contributed by atoms with E-state index in [0.29, 0.717) is 18.1 Å². The maximum atomic E-state index is 11.2. The molecule has 1 aromatic heterocycles. The van der Waals surface area contributed by atoms with Crippen LogP contribution in [0.25, 0.3) is 0 Å². The highest BCUT2D eigenvalue weighted by molar-refractivity contribution is 5.65. The lowest BCUT2D eigenvalue weighted by Gasteiger charge is -2.07. The summed E-state index contributed by atoms with van der Waals surface area (Å²) in [6.07, 6.45) is 0. The predicted molar refractivity (Wildman–Crippen MR) is 52.2 cm³/mol. The second-order valence-electron chi connectivity index (χ2n) is 2.52. The van der Waals surface area contributed by atoms with Crippen molar-refractivity contribution in [3.05, 3.63) is 16.4 Å². The topological polar surface area (TPSA) is 80.1 Å². The summed E-state index contributed by atoms with van der Waals surface area (Å²) in [5.74, 6) is 0.398. The summed E-state index contributed by atoms with van der Waals surface area (Å²) in [4.78, 5) is 13.7. The Balaban J connectivity index is 3.17. The van der Waals surface area contributed by atoms with Gasteiger partial charge in [-0.05, 0) is 6.92 Å². The number of H-pyrrole nitrogens is 1. The molecule has 1 rings (SSSR count). The van der Waals surface area contributed by atoms with Crippen molar-refractivity contribution in [1.29, 1.82) is 0 Å². The molecule has 0 bridgehead atoms. The lowest BCUT2D eigenvalue weighted by molar-refractivity contribution is 0.397. The molecule has 0 spiro atoms. The summed E-state index contributed by atoms with van der Waals surface area (Å²) in [6.45, 7) is 2.63. The van der Waals surface area contributed by atoms with E-state index in [4.69, 9.17) is 10.5 Å². The van der Waals surface area contributed by atoms with Crippen LogP contribution in [0.4, 0.5) is 11.4 Å². The molecule has 5 heteroatoms. The van der Waals surface area contributed by atoms with E-state index in [2.05, 4.69) is 10.3 Å². The number of nitrogens with two attached hydrogens (primary N) is 1. The largest absolute Gasteiger partial charge is 0.482 e. The zero-order chi connectivity index (χ0) is 9.84. The van der Waals surface area contributed by atoms with E-state index >= 15 is 0 Å². The molecule has 1 aromatic rings. The van der Waals surface area contributed by atoms with Crippen LogP contribution in [0.1, 0.15) is 6.92 Å². The van der Waals surface area contributed by atoms with Crippen LogP contribution in [0.5, 0.6) is 5.88 Å². The van der Waals surface area contributed by atoms with E-state index < -0.39 is 0 Å². The molecule has 0 aliphatic rings. The third-order valence-corrected chi connectivity index (χ3v) is 1.63. The Morgan fingerprint density at radius 3 is 2.92 bits per heavy atom. The molecule has 0 atom stereocenters. The van der Waals surface area contributed by atoms with Crippen LogP contribution in [0.3, 0.4) is 0 Å². The van der Waals surface area contributed by atoms with Gasteiger partial charge in [-0.25, -0.2) is 0 Å². The fourth-order valence-corrected chi connectivity index (χ4v) is 0.993. The van der Waals surface area contributed by atoms with Gasteiger partial charge < -0.3 is 15.8 Å². The van der Waals surface area contributed by atoms with E-state index in [1.807, 2.05) is 6.92 Å². The van der Waals surface area contributed by atoms with Crippen molar-refractivity contribution in [2.45, 2.75) is 6.92 Å². The van der Waals surface area contributed by atoms with Crippen molar-refractivity contribution in [2.24, 2.45) is 0 Å². The summed E-state index contributed by atoms with van der Waals surface area (Å²) >= 11 is 0. The molecule has 4 N–H and O–H groups in total. The number of hydrogen-bond acceptors (Lipinski definition) is 4. The average Bonchev–Trinajstić information content (AvgIpc) is 2.13. The Bertz CT molecular complexity index is 346. The zero-order valence-electron chi connectivity index (χ0n) is 7.68. The number of ether oxygens (including phenoxy) is 1. The minimum atomic E-state index is -0.338. The minimum Gasteiger partial charge on any atom is -0.482 e. The lowest BCUT2D eigenvalue weighted by atomic mass is 10.3. The SMILES string of the molecule is CCNc1cc(OC)[nH]c(=O)c1N. The molecular formula is C8H13N3O2. The first kappa shape index (κ1) is 9.44. The van der Waals surface area contributed by atoms with Gasteiger partial charge >= 0.3 is 0 Å². The molecule has 0 unspecified atom stereocenters. The Morgan fingerprint density at radius 1 is 1.69 bits per heavy atom. The number of hydrogen-bond donors (Lipinski definition) is 3. The zero-order valence-corrected chi connectivity index (χ0v) is 7.68. The van der Waals surface area contributed by atoms with E-state index in [9.17, 15) is 4.79 Å². The molecule has 0 aliphatic carbocycles. The van der Waals surface area contributed by atoms with Gasteiger partial charge in [0.1, 0.15) is 5.69 Å². The minimum absolute atomic E-state index is 0.183. The fourth-order valence-electron chi connectivity index (χ4n) is 0.993. The lowest BCUT2D eigenvalue weighted by Crippen LogP contribution is -2.15. The Hall–Kier alpha value is -1.65. The van der Waals surface area contributed by atoms with Crippen molar-refractivity contribution in [1.82, 2.24) is 4.98 Å². The van der Waals surface area contributed by atoms with Gasteiger partial charge in [0.15, 0.2) is 5.88 Å². The summed E-state index contributed by atoms with van der Waals surface area (Å²) in [7, 11) is 1.48. The van der Waals surface area contributed by atoms with Crippen molar-refractivity contribution >= 4 is 11.4 Å². The maximum Gasteiger partial charge on any atom is 0.275 e. The van der Waals surface area contributed by atoms with Gasteiger partial charge in [-0.2, -0.15) is 0 Å². The van der Waals surface area contributed by atoms with Gasteiger partial charge in [-0.1, -0.05) is 0 Å². The summed E-state index contributed by atoms with van der Waals surface area (Å²) in [6, 6.07) is 1.65. The summed E-state index contributed by atoms with van der Waals surface area (Å²) in [5, 5.41) is 2.97. The van der Waals surface area contributed by atoms with Crippen LogP contribution in [0.15, 0.2) is 10.9 Å². The normalized spacial score (nSPS) is 9.69. The van der Waals surface area contributed by atoms with Crippen LogP contribution in [0.2, 0.25) is 0 Å². The molecule has 1 heterocycles.